The molecule has 0 spiro atoms. The fraction of sp³-hybridized carbons (Fsp3) is 0.364. The zero-order valence-corrected chi connectivity index (χ0v) is 18.7. The molecule has 0 unspecified atom stereocenters. The Morgan fingerprint density at radius 3 is 2.66 bits per heavy atom. The first-order valence-corrected chi connectivity index (χ1v) is 13.1. The predicted molar refractivity (Wildman–Crippen MR) is 118 cm³/mol. The smallest absolute Gasteiger partial charge is 0.253 e. The molecule has 1 atom stereocenters. The largest absolute Gasteiger partial charge is 0.496 e. The molecule has 1 aliphatic heterocycles. The van der Waals surface area contributed by atoms with Crippen molar-refractivity contribution in [2.24, 2.45) is 0 Å². The Bertz CT molecular complexity index is 1130. The van der Waals surface area contributed by atoms with Crippen LogP contribution in [0.4, 0.5) is 0 Å². The van der Waals surface area contributed by atoms with E-state index in [2.05, 4.69) is 0 Å². The second-order valence-electron chi connectivity index (χ2n) is 7.50. The third-order valence-electron chi connectivity index (χ3n) is 5.92. The van der Waals surface area contributed by atoms with E-state index in [4.69, 9.17) is 4.74 Å². The number of para-hydroxylation sites is 1. The molecule has 7 heteroatoms. The van der Waals surface area contributed by atoms with Gasteiger partial charge in [-0.1, -0.05) is 24.3 Å². The van der Waals surface area contributed by atoms with Gasteiger partial charge in [0.25, 0.3) is 10.0 Å². The predicted octanol–water partition coefficient (Wildman–Crippen LogP) is 5.03. The molecule has 0 fully saturated rings. The van der Waals surface area contributed by atoms with Gasteiger partial charge in [-0.3, -0.25) is 0 Å². The van der Waals surface area contributed by atoms with E-state index in [0.717, 1.165) is 30.6 Å². The lowest BCUT2D eigenvalue weighted by atomic mass is 9.89. The van der Waals surface area contributed by atoms with E-state index in [0.29, 0.717) is 10.8 Å². The Hall–Kier alpha value is -1.67. The Kier molecular flexibility index (Phi) is 5.02. The monoisotopic (exact) mass is 445 g/mol. The normalized spacial score (nSPS) is 19.6. The van der Waals surface area contributed by atoms with Crippen LogP contribution in [0.1, 0.15) is 45.3 Å². The van der Waals surface area contributed by atoms with Gasteiger partial charge in [0, 0.05) is 21.9 Å². The van der Waals surface area contributed by atoms with Crippen molar-refractivity contribution in [1.82, 2.24) is 4.31 Å². The number of fused-ring (bicyclic) bond motifs is 3. The van der Waals surface area contributed by atoms with Crippen LogP contribution in [0.25, 0.3) is 0 Å². The van der Waals surface area contributed by atoms with Crippen molar-refractivity contribution < 1.29 is 13.2 Å². The Balaban J connectivity index is 1.71. The molecule has 0 amide bonds. The molecule has 5 rings (SSSR count). The summed E-state index contributed by atoms with van der Waals surface area (Å²) >= 11 is 3.10. The molecular weight excluding hydrogens is 422 g/mol. The lowest BCUT2D eigenvalue weighted by molar-refractivity contribution is 0.335. The maximum absolute atomic E-state index is 13.6. The molecule has 0 saturated carbocycles. The molecule has 1 aliphatic carbocycles. The van der Waals surface area contributed by atoms with E-state index in [1.54, 1.807) is 23.5 Å². The van der Waals surface area contributed by atoms with E-state index >= 15 is 0 Å². The summed E-state index contributed by atoms with van der Waals surface area (Å²) in [5.74, 6) is 0.739. The van der Waals surface area contributed by atoms with Gasteiger partial charge in [-0.15, -0.1) is 22.7 Å². The van der Waals surface area contributed by atoms with E-state index in [9.17, 15) is 8.42 Å². The molecule has 2 aliphatic rings. The highest BCUT2D eigenvalue weighted by molar-refractivity contribution is 7.91. The van der Waals surface area contributed by atoms with Crippen molar-refractivity contribution >= 4 is 32.7 Å². The minimum atomic E-state index is -3.58. The van der Waals surface area contributed by atoms with Gasteiger partial charge in [0.2, 0.25) is 0 Å². The van der Waals surface area contributed by atoms with Gasteiger partial charge in [-0.2, -0.15) is 4.31 Å². The standard InChI is InChI=1S/C22H23NO3S3/c1-26-18-9-4-2-8-17(18)21-22-16(15-7-3-5-10-19(15)28-22)12-13-23(21)29(24,25)20-11-6-14-27-20/h2,4,6,8-9,11,14,21H,3,5,7,10,12-13H2,1H3/t21-/m1/s1. The number of hydrogen-bond acceptors (Lipinski definition) is 5. The van der Waals surface area contributed by atoms with E-state index in [1.165, 1.54) is 45.1 Å². The number of aryl methyl sites for hydroxylation is 1. The van der Waals surface area contributed by atoms with Crippen LogP contribution in [0.3, 0.4) is 0 Å². The fourth-order valence-corrected chi connectivity index (χ4v) is 8.94. The van der Waals surface area contributed by atoms with Crippen LogP contribution in [0.2, 0.25) is 0 Å². The summed E-state index contributed by atoms with van der Waals surface area (Å²) in [4.78, 5) is 2.64. The van der Waals surface area contributed by atoms with Crippen molar-refractivity contribution in [3.63, 3.8) is 0 Å². The molecule has 0 radical (unpaired) electrons. The van der Waals surface area contributed by atoms with Crippen LogP contribution in [0.5, 0.6) is 5.75 Å². The van der Waals surface area contributed by atoms with Crippen molar-refractivity contribution in [1.29, 1.82) is 0 Å². The first-order chi connectivity index (χ1) is 14.1. The molecule has 4 nitrogen and oxygen atoms in total. The summed E-state index contributed by atoms with van der Waals surface area (Å²) in [5.41, 5.74) is 3.80. The summed E-state index contributed by atoms with van der Waals surface area (Å²) in [6, 6.07) is 11.0. The number of rotatable bonds is 4. The second kappa shape index (κ2) is 7.54. The first-order valence-electron chi connectivity index (χ1n) is 9.93. The molecule has 2 aromatic heterocycles. The van der Waals surface area contributed by atoms with Gasteiger partial charge in [-0.05, 0) is 60.7 Å². The topological polar surface area (TPSA) is 46.6 Å². The molecule has 3 heterocycles. The van der Waals surface area contributed by atoms with Crippen LogP contribution in [-0.2, 0) is 29.3 Å². The number of benzene rings is 1. The lowest BCUT2D eigenvalue weighted by Crippen LogP contribution is -2.40. The number of ether oxygens (including phenoxy) is 1. The average Bonchev–Trinajstić information content (AvgIpc) is 3.41. The molecule has 152 valence electrons. The molecular formula is C22H23NO3S3. The number of hydrogen-bond donors (Lipinski definition) is 0. The fourth-order valence-electron chi connectivity index (χ4n) is 4.60. The molecule has 0 saturated heterocycles. The highest BCUT2D eigenvalue weighted by atomic mass is 32.2. The summed E-state index contributed by atoms with van der Waals surface area (Å²) in [5, 5.41) is 1.82. The molecule has 1 aromatic carbocycles. The lowest BCUT2D eigenvalue weighted by Gasteiger charge is -2.35. The summed E-state index contributed by atoms with van der Waals surface area (Å²) in [6.07, 6.45) is 5.48. The van der Waals surface area contributed by atoms with Crippen LogP contribution in [0, 0.1) is 0 Å². The number of sulfonamides is 1. The summed E-state index contributed by atoms with van der Waals surface area (Å²) < 4.78 is 34.9. The summed E-state index contributed by atoms with van der Waals surface area (Å²) in [6.45, 7) is 0.499. The minimum Gasteiger partial charge on any atom is -0.496 e. The highest BCUT2D eigenvalue weighted by Crippen LogP contribution is 2.48. The quantitative estimate of drug-likeness (QED) is 0.566. The van der Waals surface area contributed by atoms with Crippen LogP contribution >= 0.6 is 22.7 Å². The van der Waals surface area contributed by atoms with Crippen LogP contribution < -0.4 is 4.74 Å². The van der Waals surface area contributed by atoms with Gasteiger partial charge >= 0.3 is 0 Å². The first kappa shape index (κ1) is 19.3. The molecule has 3 aromatic rings. The Morgan fingerprint density at radius 1 is 1.03 bits per heavy atom. The maximum Gasteiger partial charge on any atom is 0.253 e. The zero-order chi connectivity index (χ0) is 20.0. The zero-order valence-electron chi connectivity index (χ0n) is 16.3. The molecule has 0 bridgehead atoms. The van der Waals surface area contributed by atoms with Crippen LogP contribution in [0.15, 0.2) is 46.0 Å². The third-order valence-corrected chi connectivity index (χ3v) is 10.5. The highest BCUT2D eigenvalue weighted by Gasteiger charge is 2.41. The van der Waals surface area contributed by atoms with Crippen molar-refractivity contribution in [3.8, 4) is 5.75 Å². The van der Waals surface area contributed by atoms with E-state index < -0.39 is 10.0 Å². The van der Waals surface area contributed by atoms with Gasteiger partial charge in [-0.25, -0.2) is 8.42 Å². The molecule has 29 heavy (non-hydrogen) atoms. The Morgan fingerprint density at radius 2 is 1.86 bits per heavy atom. The SMILES string of the molecule is COc1ccccc1[C@@H]1c2sc3c(c2CCN1S(=O)(=O)c1cccs1)CCCC3. The number of nitrogens with zero attached hydrogens (tertiary/aromatic N) is 1. The van der Waals surface area contributed by atoms with Crippen LogP contribution in [-0.4, -0.2) is 26.4 Å². The van der Waals surface area contributed by atoms with Crippen molar-refractivity contribution in [2.75, 3.05) is 13.7 Å². The van der Waals surface area contributed by atoms with Gasteiger partial charge in [0.05, 0.1) is 13.2 Å². The van der Waals surface area contributed by atoms with Gasteiger partial charge in [0.15, 0.2) is 0 Å². The number of methoxy groups -OCH3 is 1. The van der Waals surface area contributed by atoms with Crippen molar-refractivity contribution in [2.45, 2.75) is 42.4 Å². The second-order valence-corrected chi connectivity index (χ2v) is 11.7. The number of thiophene rings is 2. The van der Waals surface area contributed by atoms with Crippen molar-refractivity contribution in [3.05, 3.63) is 68.2 Å². The summed E-state index contributed by atoms with van der Waals surface area (Å²) in [7, 11) is -1.93. The molecule has 0 N–H and O–H groups in total. The maximum atomic E-state index is 13.6. The van der Waals surface area contributed by atoms with E-state index in [-0.39, 0.29) is 6.04 Å². The Labute approximate surface area is 179 Å². The minimum absolute atomic E-state index is 0.336. The van der Waals surface area contributed by atoms with Gasteiger partial charge < -0.3 is 4.74 Å². The van der Waals surface area contributed by atoms with Gasteiger partial charge in [0.1, 0.15) is 9.96 Å². The third kappa shape index (κ3) is 3.15. The van der Waals surface area contributed by atoms with E-state index in [1.807, 2.05) is 41.0 Å². The average molecular weight is 446 g/mol.